The molecule has 0 amide bonds. The molecule has 1 unspecified atom stereocenters. The average Bonchev–Trinajstić information content (AvgIpc) is 2.14. The maximum absolute atomic E-state index is 8.79. The second-order valence-corrected chi connectivity index (χ2v) is 4.47. The minimum Gasteiger partial charge on any atom is -0.396 e. The summed E-state index contributed by atoms with van der Waals surface area (Å²) in [7, 11) is 0. The van der Waals surface area contributed by atoms with E-state index in [1.54, 1.807) is 0 Å². The van der Waals surface area contributed by atoms with Gasteiger partial charge in [0, 0.05) is 12.6 Å². The highest BCUT2D eigenvalue weighted by molar-refractivity contribution is 4.91. The largest absolute Gasteiger partial charge is 0.396 e. The molecule has 0 fully saturated rings. The van der Waals surface area contributed by atoms with Gasteiger partial charge in [-0.3, -0.25) is 0 Å². The summed E-state index contributed by atoms with van der Waals surface area (Å²) < 4.78 is 0. The Kier molecular flexibility index (Phi) is 6.52. The number of rotatable bonds is 7. The summed E-state index contributed by atoms with van der Waals surface area (Å²) in [6.07, 6.45) is 2.70. The lowest BCUT2D eigenvalue weighted by Gasteiger charge is -2.18. The fourth-order valence-corrected chi connectivity index (χ4v) is 1.19. The van der Waals surface area contributed by atoms with Gasteiger partial charge in [0.1, 0.15) is 0 Å². The van der Waals surface area contributed by atoms with Gasteiger partial charge in [-0.2, -0.15) is 5.26 Å². The third kappa shape index (κ3) is 6.88. The Hall–Kier alpha value is -0.590. The molecule has 0 aromatic carbocycles. The van der Waals surface area contributed by atoms with E-state index in [4.69, 9.17) is 10.4 Å². The molecule has 0 rings (SSSR count). The monoisotopic (exact) mass is 198 g/mol. The molecule has 0 heterocycles. The number of nitrogens with one attached hydrogen (secondary N) is 1. The Bertz CT molecular complexity index is 184. The summed E-state index contributed by atoms with van der Waals surface area (Å²) in [5, 5.41) is 20.8. The molecule has 0 aliphatic carbocycles. The van der Waals surface area contributed by atoms with E-state index in [1.165, 1.54) is 0 Å². The quantitative estimate of drug-likeness (QED) is 0.654. The highest BCUT2D eigenvalue weighted by Crippen LogP contribution is 2.17. The summed E-state index contributed by atoms with van der Waals surface area (Å²) >= 11 is 0. The van der Waals surface area contributed by atoms with Crippen LogP contribution in [0.5, 0.6) is 0 Å². The number of nitriles is 1. The lowest BCUT2D eigenvalue weighted by molar-refractivity contribution is 0.275. The van der Waals surface area contributed by atoms with Crippen LogP contribution in [0.25, 0.3) is 0 Å². The Labute approximate surface area is 87.1 Å². The lowest BCUT2D eigenvalue weighted by atomic mass is 9.91. The Morgan fingerprint density at radius 2 is 2.14 bits per heavy atom. The molecule has 0 aromatic heterocycles. The SMILES string of the molecule is CC(CCCO)NCCC(C)(C)C#N. The molecule has 0 saturated carbocycles. The van der Waals surface area contributed by atoms with Crippen molar-refractivity contribution < 1.29 is 5.11 Å². The van der Waals surface area contributed by atoms with Crippen LogP contribution in [0, 0.1) is 16.7 Å². The predicted molar refractivity (Wildman–Crippen MR) is 57.8 cm³/mol. The van der Waals surface area contributed by atoms with Crippen LogP contribution in [-0.4, -0.2) is 24.3 Å². The average molecular weight is 198 g/mol. The molecule has 0 bridgehead atoms. The van der Waals surface area contributed by atoms with Crippen molar-refractivity contribution in [2.75, 3.05) is 13.2 Å². The molecule has 3 heteroatoms. The zero-order valence-corrected chi connectivity index (χ0v) is 9.51. The van der Waals surface area contributed by atoms with Crippen molar-refractivity contribution in [2.24, 2.45) is 5.41 Å². The molecule has 1 atom stereocenters. The van der Waals surface area contributed by atoms with Gasteiger partial charge in [-0.05, 0) is 46.6 Å². The van der Waals surface area contributed by atoms with Crippen molar-refractivity contribution in [2.45, 2.75) is 46.1 Å². The highest BCUT2D eigenvalue weighted by Gasteiger charge is 2.15. The normalized spacial score (nSPS) is 13.6. The Morgan fingerprint density at radius 1 is 1.50 bits per heavy atom. The number of aliphatic hydroxyl groups excluding tert-OH is 1. The molecule has 0 aliphatic rings. The van der Waals surface area contributed by atoms with Crippen molar-refractivity contribution in [3.8, 4) is 6.07 Å². The van der Waals surface area contributed by atoms with Crippen molar-refractivity contribution in [1.29, 1.82) is 5.26 Å². The van der Waals surface area contributed by atoms with Gasteiger partial charge in [-0.1, -0.05) is 0 Å². The molecule has 0 aliphatic heterocycles. The Balaban J connectivity index is 3.50. The fourth-order valence-electron chi connectivity index (χ4n) is 1.19. The molecule has 0 spiro atoms. The van der Waals surface area contributed by atoms with Gasteiger partial charge in [-0.25, -0.2) is 0 Å². The summed E-state index contributed by atoms with van der Waals surface area (Å²) in [6.45, 7) is 7.14. The van der Waals surface area contributed by atoms with Gasteiger partial charge in [0.15, 0.2) is 0 Å². The second kappa shape index (κ2) is 6.80. The molecule has 82 valence electrons. The second-order valence-electron chi connectivity index (χ2n) is 4.47. The maximum Gasteiger partial charge on any atom is 0.0684 e. The Morgan fingerprint density at radius 3 is 2.64 bits per heavy atom. The van der Waals surface area contributed by atoms with Crippen LogP contribution < -0.4 is 5.32 Å². The third-order valence-corrected chi connectivity index (χ3v) is 2.34. The number of hydrogen-bond acceptors (Lipinski definition) is 3. The van der Waals surface area contributed by atoms with E-state index >= 15 is 0 Å². The molecule has 14 heavy (non-hydrogen) atoms. The number of nitrogens with zero attached hydrogens (tertiary/aromatic N) is 1. The number of hydrogen-bond donors (Lipinski definition) is 2. The van der Waals surface area contributed by atoms with E-state index in [0.29, 0.717) is 6.04 Å². The summed E-state index contributed by atoms with van der Waals surface area (Å²) in [4.78, 5) is 0. The molecule has 2 N–H and O–H groups in total. The van der Waals surface area contributed by atoms with Gasteiger partial charge in [0.05, 0.1) is 11.5 Å². The first-order valence-electron chi connectivity index (χ1n) is 5.27. The van der Waals surface area contributed by atoms with E-state index < -0.39 is 0 Å². The van der Waals surface area contributed by atoms with Crippen LogP contribution in [0.2, 0.25) is 0 Å². The molecular weight excluding hydrogens is 176 g/mol. The van der Waals surface area contributed by atoms with E-state index in [1.807, 2.05) is 13.8 Å². The van der Waals surface area contributed by atoms with Gasteiger partial charge < -0.3 is 10.4 Å². The summed E-state index contributed by atoms with van der Waals surface area (Å²) in [5.74, 6) is 0. The van der Waals surface area contributed by atoms with Crippen molar-refractivity contribution in [3.63, 3.8) is 0 Å². The zero-order chi connectivity index (χ0) is 11.0. The smallest absolute Gasteiger partial charge is 0.0684 e. The van der Waals surface area contributed by atoms with Gasteiger partial charge >= 0.3 is 0 Å². The van der Waals surface area contributed by atoms with Crippen LogP contribution in [0.4, 0.5) is 0 Å². The van der Waals surface area contributed by atoms with Crippen LogP contribution in [-0.2, 0) is 0 Å². The summed E-state index contributed by atoms with van der Waals surface area (Å²) in [6, 6.07) is 2.71. The topological polar surface area (TPSA) is 56.0 Å². The van der Waals surface area contributed by atoms with Crippen LogP contribution in [0.15, 0.2) is 0 Å². The van der Waals surface area contributed by atoms with Crippen molar-refractivity contribution in [1.82, 2.24) is 5.32 Å². The van der Waals surface area contributed by atoms with E-state index in [-0.39, 0.29) is 12.0 Å². The molecule has 0 saturated heterocycles. The maximum atomic E-state index is 8.79. The highest BCUT2D eigenvalue weighted by atomic mass is 16.2. The minimum atomic E-state index is -0.232. The molecular formula is C11H22N2O. The first-order valence-corrected chi connectivity index (χ1v) is 5.27. The zero-order valence-electron chi connectivity index (χ0n) is 9.51. The van der Waals surface area contributed by atoms with Crippen LogP contribution in [0.3, 0.4) is 0 Å². The lowest BCUT2D eigenvalue weighted by Crippen LogP contribution is -2.29. The van der Waals surface area contributed by atoms with E-state index in [0.717, 1.165) is 25.8 Å². The van der Waals surface area contributed by atoms with Crippen LogP contribution >= 0.6 is 0 Å². The van der Waals surface area contributed by atoms with Gasteiger partial charge in [0.25, 0.3) is 0 Å². The predicted octanol–water partition coefficient (Wildman–Crippen LogP) is 1.68. The standard InChI is InChI=1S/C11H22N2O/c1-10(5-4-8-14)13-7-6-11(2,3)9-12/h10,13-14H,4-8H2,1-3H3. The first kappa shape index (κ1) is 13.4. The van der Waals surface area contributed by atoms with Gasteiger partial charge in [-0.15, -0.1) is 0 Å². The summed E-state index contributed by atoms with van der Waals surface area (Å²) in [5.41, 5.74) is -0.232. The van der Waals surface area contributed by atoms with Crippen LogP contribution in [0.1, 0.15) is 40.0 Å². The minimum absolute atomic E-state index is 0.232. The number of aliphatic hydroxyl groups is 1. The molecule has 3 nitrogen and oxygen atoms in total. The molecule has 0 aromatic rings. The third-order valence-electron chi connectivity index (χ3n) is 2.34. The van der Waals surface area contributed by atoms with E-state index in [9.17, 15) is 0 Å². The van der Waals surface area contributed by atoms with Crippen molar-refractivity contribution >= 4 is 0 Å². The van der Waals surface area contributed by atoms with E-state index in [2.05, 4.69) is 18.3 Å². The first-order chi connectivity index (χ1) is 6.52. The van der Waals surface area contributed by atoms with Crippen molar-refractivity contribution in [3.05, 3.63) is 0 Å². The van der Waals surface area contributed by atoms with Gasteiger partial charge in [0.2, 0.25) is 0 Å². The molecule has 0 radical (unpaired) electrons. The fraction of sp³-hybridized carbons (Fsp3) is 0.909.